The monoisotopic (exact) mass is 566 g/mol. The molecule has 1 N–H and O–H groups in total. The Morgan fingerprint density at radius 2 is 1.56 bits per heavy atom. The minimum absolute atomic E-state index is 0.171. The summed E-state index contributed by atoms with van der Waals surface area (Å²) in [5.41, 5.74) is 3.59. The van der Waals surface area contributed by atoms with Crippen LogP contribution >= 0.6 is 11.6 Å². The molecule has 1 aliphatic heterocycles. The van der Waals surface area contributed by atoms with Crippen molar-refractivity contribution in [3.05, 3.63) is 130 Å². The molecule has 4 aromatic rings. The van der Waals surface area contributed by atoms with E-state index in [2.05, 4.69) is 5.32 Å². The number of nitrogens with zero attached hydrogens (tertiary/aromatic N) is 1. The van der Waals surface area contributed by atoms with E-state index in [0.29, 0.717) is 47.4 Å². The maximum atomic E-state index is 13.4. The van der Waals surface area contributed by atoms with Crippen molar-refractivity contribution in [1.82, 2.24) is 5.32 Å². The Hall–Kier alpha value is -4.88. The van der Waals surface area contributed by atoms with Gasteiger partial charge in [-0.15, -0.1) is 0 Å². The molecule has 0 unspecified atom stereocenters. The SMILES string of the molecule is CCOc1cc(/C=C2\C(=O)NC(=O)N(c3ccc(OCc4ccccc4)cc3)C2=O)ccc1Cc1ccccc1Cl. The van der Waals surface area contributed by atoms with E-state index in [1.807, 2.05) is 67.6 Å². The molecule has 1 fully saturated rings. The van der Waals surface area contributed by atoms with Gasteiger partial charge in [0.2, 0.25) is 0 Å². The van der Waals surface area contributed by atoms with Gasteiger partial charge in [0.1, 0.15) is 23.7 Å². The third kappa shape index (κ3) is 6.48. The first-order valence-corrected chi connectivity index (χ1v) is 13.5. The molecule has 41 heavy (non-hydrogen) atoms. The zero-order chi connectivity index (χ0) is 28.8. The molecule has 0 bridgehead atoms. The zero-order valence-corrected chi connectivity index (χ0v) is 23.1. The summed E-state index contributed by atoms with van der Waals surface area (Å²) < 4.78 is 11.7. The van der Waals surface area contributed by atoms with Gasteiger partial charge in [0.25, 0.3) is 11.8 Å². The Morgan fingerprint density at radius 3 is 2.29 bits per heavy atom. The van der Waals surface area contributed by atoms with Crippen molar-refractivity contribution < 1.29 is 23.9 Å². The summed E-state index contributed by atoms with van der Waals surface area (Å²) >= 11 is 6.35. The van der Waals surface area contributed by atoms with E-state index in [1.54, 1.807) is 36.4 Å². The molecule has 0 saturated carbocycles. The summed E-state index contributed by atoms with van der Waals surface area (Å²) in [6.07, 6.45) is 2.01. The first kappa shape index (κ1) is 27.7. The van der Waals surface area contributed by atoms with Crippen LogP contribution in [-0.4, -0.2) is 24.5 Å². The average molecular weight is 567 g/mol. The highest BCUT2D eigenvalue weighted by Gasteiger charge is 2.36. The van der Waals surface area contributed by atoms with Crippen molar-refractivity contribution >= 4 is 41.2 Å². The van der Waals surface area contributed by atoms with Crippen LogP contribution in [0.2, 0.25) is 5.02 Å². The summed E-state index contributed by atoms with van der Waals surface area (Å²) in [7, 11) is 0. The normalized spacial score (nSPS) is 14.2. The number of benzene rings is 4. The minimum Gasteiger partial charge on any atom is -0.494 e. The predicted molar refractivity (Wildman–Crippen MR) is 158 cm³/mol. The topological polar surface area (TPSA) is 84.9 Å². The molecule has 0 aromatic heterocycles. The number of barbiturate groups is 1. The molecule has 0 radical (unpaired) electrons. The maximum absolute atomic E-state index is 13.4. The highest BCUT2D eigenvalue weighted by molar-refractivity contribution is 6.39. The van der Waals surface area contributed by atoms with Gasteiger partial charge >= 0.3 is 6.03 Å². The van der Waals surface area contributed by atoms with Crippen molar-refractivity contribution in [2.24, 2.45) is 0 Å². The number of hydrogen-bond acceptors (Lipinski definition) is 5. The highest BCUT2D eigenvalue weighted by atomic mass is 35.5. The number of hydrogen-bond donors (Lipinski definition) is 1. The first-order valence-electron chi connectivity index (χ1n) is 13.1. The van der Waals surface area contributed by atoms with Crippen LogP contribution in [0.4, 0.5) is 10.5 Å². The van der Waals surface area contributed by atoms with E-state index in [-0.39, 0.29) is 5.57 Å². The van der Waals surface area contributed by atoms with Crippen LogP contribution < -0.4 is 19.7 Å². The molecule has 8 heteroatoms. The second-order valence-electron chi connectivity index (χ2n) is 9.29. The van der Waals surface area contributed by atoms with E-state index < -0.39 is 17.8 Å². The standard InChI is InChI=1S/C33H27ClN2O5/c1-2-40-30-19-23(12-13-25(30)20-24-10-6-7-11-29(24)34)18-28-31(37)35-33(39)36(32(28)38)26-14-16-27(17-15-26)41-21-22-8-4-3-5-9-22/h3-19H,2,20-21H2,1H3,(H,35,37,39)/b28-18+. The van der Waals surface area contributed by atoms with Crippen molar-refractivity contribution in [3.8, 4) is 11.5 Å². The van der Waals surface area contributed by atoms with Gasteiger partial charge in [0.05, 0.1) is 12.3 Å². The molecule has 1 heterocycles. The number of urea groups is 1. The van der Waals surface area contributed by atoms with Gasteiger partial charge in [-0.2, -0.15) is 0 Å². The van der Waals surface area contributed by atoms with Gasteiger partial charge in [-0.3, -0.25) is 14.9 Å². The lowest BCUT2D eigenvalue weighted by Crippen LogP contribution is -2.54. The van der Waals surface area contributed by atoms with Gasteiger partial charge in [-0.25, -0.2) is 9.69 Å². The lowest BCUT2D eigenvalue weighted by molar-refractivity contribution is -0.122. The number of nitrogens with one attached hydrogen (secondary N) is 1. The molecular weight excluding hydrogens is 540 g/mol. The maximum Gasteiger partial charge on any atom is 0.335 e. The Kier molecular flexibility index (Phi) is 8.46. The molecule has 1 aliphatic rings. The quantitative estimate of drug-likeness (QED) is 0.183. The van der Waals surface area contributed by atoms with Crippen LogP contribution in [0.15, 0.2) is 103 Å². The summed E-state index contributed by atoms with van der Waals surface area (Å²) in [6.45, 7) is 2.69. The fourth-order valence-electron chi connectivity index (χ4n) is 4.43. The van der Waals surface area contributed by atoms with Gasteiger partial charge in [-0.05, 0) is 71.7 Å². The Morgan fingerprint density at radius 1 is 0.829 bits per heavy atom. The molecule has 0 atom stereocenters. The highest BCUT2D eigenvalue weighted by Crippen LogP contribution is 2.29. The van der Waals surface area contributed by atoms with Gasteiger partial charge in [-0.1, -0.05) is 72.3 Å². The van der Waals surface area contributed by atoms with Crippen LogP contribution in [-0.2, 0) is 22.6 Å². The largest absolute Gasteiger partial charge is 0.494 e. The van der Waals surface area contributed by atoms with Gasteiger partial charge in [0, 0.05) is 11.4 Å². The van der Waals surface area contributed by atoms with Crippen LogP contribution in [0.25, 0.3) is 6.08 Å². The molecule has 5 rings (SSSR count). The summed E-state index contributed by atoms with van der Waals surface area (Å²) in [5, 5.41) is 2.92. The number of imide groups is 2. The third-order valence-corrected chi connectivity index (χ3v) is 6.85. The number of carbonyl (C=O) groups excluding carboxylic acids is 3. The van der Waals surface area contributed by atoms with Crippen LogP contribution in [0.3, 0.4) is 0 Å². The molecule has 4 aromatic carbocycles. The number of anilines is 1. The molecule has 4 amide bonds. The molecular formula is C33H27ClN2O5. The number of ether oxygens (including phenoxy) is 2. The number of amides is 4. The minimum atomic E-state index is -0.819. The van der Waals surface area contributed by atoms with Crippen molar-refractivity contribution in [2.45, 2.75) is 20.0 Å². The molecule has 7 nitrogen and oxygen atoms in total. The number of rotatable bonds is 9. The van der Waals surface area contributed by atoms with Crippen molar-refractivity contribution in [1.29, 1.82) is 0 Å². The van der Waals surface area contributed by atoms with Crippen LogP contribution in [0.1, 0.15) is 29.2 Å². The summed E-state index contributed by atoms with van der Waals surface area (Å²) in [4.78, 5) is 39.7. The fraction of sp³-hybridized carbons (Fsp3) is 0.121. The fourth-order valence-corrected chi connectivity index (χ4v) is 4.64. The third-order valence-electron chi connectivity index (χ3n) is 6.49. The second kappa shape index (κ2) is 12.5. The predicted octanol–water partition coefficient (Wildman–Crippen LogP) is 6.57. The van der Waals surface area contributed by atoms with Gasteiger partial charge in [0.15, 0.2) is 0 Å². The zero-order valence-electron chi connectivity index (χ0n) is 22.3. The molecule has 1 saturated heterocycles. The van der Waals surface area contributed by atoms with E-state index in [1.165, 1.54) is 6.08 Å². The lowest BCUT2D eigenvalue weighted by atomic mass is 10.0. The van der Waals surface area contributed by atoms with Gasteiger partial charge < -0.3 is 9.47 Å². The Balaban J connectivity index is 1.37. The molecule has 0 spiro atoms. The Bertz CT molecular complexity index is 1620. The summed E-state index contributed by atoms with van der Waals surface area (Å²) in [6, 6.07) is 28.5. The van der Waals surface area contributed by atoms with E-state index in [0.717, 1.165) is 21.6 Å². The number of halogens is 1. The van der Waals surface area contributed by atoms with E-state index in [9.17, 15) is 14.4 Å². The first-order chi connectivity index (χ1) is 19.9. The molecule has 206 valence electrons. The average Bonchev–Trinajstić information content (AvgIpc) is 2.98. The van der Waals surface area contributed by atoms with E-state index in [4.69, 9.17) is 21.1 Å². The number of carbonyl (C=O) groups is 3. The van der Waals surface area contributed by atoms with E-state index >= 15 is 0 Å². The molecule has 0 aliphatic carbocycles. The summed E-state index contributed by atoms with van der Waals surface area (Å²) in [5.74, 6) is -0.300. The van der Waals surface area contributed by atoms with Crippen LogP contribution in [0, 0.1) is 0 Å². The van der Waals surface area contributed by atoms with Crippen LogP contribution in [0.5, 0.6) is 11.5 Å². The second-order valence-corrected chi connectivity index (χ2v) is 9.70. The van der Waals surface area contributed by atoms with Crippen molar-refractivity contribution in [3.63, 3.8) is 0 Å². The van der Waals surface area contributed by atoms with Crippen molar-refractivity contribution in [2.75, 3.05) is 11.5 Å². The smallest absolute Gasteiger partial charge is 0.335 e. The lowest BCUT2D eigenvalue weighted by Gasteiger charge is -2.26. The Labute approximate surface area is 243 Å².